The Balaban J connectivity index is 3.57. The minimum atomic E-state index is -5.64. The van der Waals surface area contributed by atoms with Crippen LogP contribution in [0.4, 0.5) is 26.3 Å². The fourth-order valence-electron chi connectivity index (χ4n) is 4.33. The van der Waals surface area contributed by atoms with E-state index < -0.39 is 35.4 Å². The molecule has 0 N–H and O–H groups in total. The summed E-state index contributed by atoms with van der Waals surface area (Å²) in [5, 5.41) is 0. The maximum Gasteiger partial charge on any atom is 0.427 e. The number of allylic oxidation sites excluding steroid dienone is 3. The number of hydrogen-bond acceptors (Lipinski definition) is 1. The van der Waals surface area contributed by atoms with Crippen LogP contribution < -0.4 is 0 Å². The van der Waals surface area contributed by atoms with Crippen LogP contribution >= 0.6 is 0 Å². The van der Waals surface area contributed by atoms with Crippen LogP contribution in [-0.2, 0) is 4.74 Å². The molecule has 0 amide bonds. The van der Waals surface area contributed by atoms with Gasteiger partial charge in [-0.15, -0.1) is 0 Å². The molecule has 0 fully saturated rings. The minimum absolute atomic E-state index is 0.0122. The van der Waals surface area contributed by atoms with Crippen molar-refractivity contribution >= 4 is 0 Å². The van der Waals surface area contributed by atoms with E-state index in [4.69, 9.17) is 4.74 Å². The van der Waals surface area contributed by atoms with Gasteiger partial charge in [0.25, 0.3) is 5.60 Å². The monoisotopic (exact) mass is 456 g/mol. The molecule has 0 aromatic heterocycles. The van der Waals surface area contributed by atoms with Gasteiger partial charge in [0.1, 0.15) is 0 Å². The maximum absolute atomic E-state index is 14.1. The van der Waals surface area contributed by atoms with E-state index >= 15 is 0 Å². The number of rotatable bonds is 4. The molecule has 182 valence electrons. The van der Waals surface area contributed by atoms with E-state index in [1.54, 1.807) is 6.08 Å². The highest BCUT2D eigenvalue weighted by molar-refractivity contribution is 5.32. The fraction of sp³-hybridized carbons (Fsp3) is 0.833. The van der Waals surface area contributed by atoms with Crippen molar-refractivity contribution in [1.29, 1.82) is 0 Å². The molecule has 7 heteroatoms. The van der Waals surface area contributed by atoms with Gasteiger partial charge in [0, 0.05) is 5.92 Å². The largest absolute Gasteiger partial charge is 0.427 e. The zero-order valence-corrected chi connectivity index (χ0v) is 20.3. The average molecular weight is 457 g/mol. The maximum atomic E-state index is 14.1. The molecule has 0 spiro atoms. The Hall–Kier alpha value is -0.980. The highest BCUT2D eigenvalue weighted by Gasteiger charge is 2.76. The lowest BCUT2D eigenvalue weighted by atomic mass is 9.65. The molecule has 1 rings (SSSR count). The highest BCUT2D eigenvalue weighted by Crippen LogP contribution is 2.56. The molecule has 0 saturated carbocycles. The first-order chi connectivity index (χ1) is 13.4. The summed E-state index contributed by atoms with van der Waals surface area (Å²) in [6, 6.07) is 0. The van der Waals surface area contributed by atoms with Crippen LogP contribution in [0.1, 0.15) is 75.7 Å². The quantitative estimate of drug-likeness (QED) is 0.385. The molecule has 1 aliphatic rings. The summed E-state index contributed by atoms with van der Waals surface area (Å²) >= 11 is 0. The predicted molar refractivity (Wildman–Crippen MR) is 113 cm³/mol. The van der Waals surface area contributed by atoms with Crippen molar-refractivity contribution in [2.45, 2.75) is 99.2 Å². The summed E-state index contributed by atoms with van der Waals surface area (Å²) < 4.78 is 89.6. The van der Waals surface area contributed by atoms with Crippen molar-refractivity contribution in [3.05, 3.63) is 23.8 Å². The van der Waals surface area contributed by atoms with Gasteiger partial charge in [-0.2, -0.15) is 26.3 Å². The summed E-state index contributed by atoms with van der Waals surface area (Å²) in [4.78, 5) is 0. The molecule has 0 aliphatic heterocycles. The number of hydrogen-bond donors (Lipinski definition) is 0. The van der Waals surface area contributed by atoms with Crippen LogP contribution in [-0.4, -0.2) is 23.6 Å². The van der Waals surface area contributed by atoms with Crippen LogP contribution in [0.2, 0.25) is 0 Å². The Kier molecular flexibility index (Phi) is 7.62. The molecule has 0 bridgehead atoms. The summed E-state index contributed by atoms with van der Waals surface area (Å²) in [6.45, 7) is 17.3. The van der Waals surface area contributed by atoms with Crippen molar-refractivity contribution < 1.29 is 31.1 Å². The van der Waals surface area contributed by atoms with Crippen LogP contribution in [0.3, 0.4) is 0 Å². The second kappa shape index (κ2) is 8.42. The third kappa shape index (κ3) is 6.52. The Morgan fingerprint density at radius 1 is 0.839 bits per heavy atom. The van der Waals surface area contributed by atoms with Crippen molar-refractivity contribution in [2.75, 3.05) is 0 Å². The van der Waals surface area contributed by atoms with E-state index in [9.17, 15) is 26.3 Å². The van der Waals surface area contributed by atoms with Crippen LogP contribution in [0.5, 0.6) is 0 Å². The van der Waals surface area contributed by atoms with Crippen molar-refractivity contribution in [1.82, 2.24) is 0 Å². The standard InChI is InChI=1S/C24H38F6O/c1-15-13-16(18(20(5,6)7)14-19(2,3)4)11-12-17(15)22(23(25,26)27,24(28,29)30)31-21(8,9)10/h11-13,15,17-18H,14H2,1-10H3. The Labute approximate surface area is 183 Å². The number of alkyl halides is 6. The Morgan fingerprint density at radius 2 is 1.29 bits per heavy atom. The van der Waals surface area contributed by atoms with Gasteiger partial charge in [-0.1, -0.05) is 66.7 Å². The van der Waals surface area contributed by atoms with E-state index in [0.29, 0.717) is 0 Å². The molecule has 0 aromatic rings. The van der Waals surface area contributed by atoms with Gasteiger partial charge in [-0.3, -0.25) is 0 Å². The average Bonchev–Trinajstić information content (AvgIpc) is 2.45. The first kappa shape index (κ1) is 28.1. The zero-order valence-electron chi connectivity index (χ0n) is 20.3. The number of ether oxygens (including phenoxy) is 1. The second-order valence-electron chi connectivity index (χ2n) is 12.0. The SMILES string of the molecule is CC1C=C(C(CC(C)(C)C)C(C)(C)C)C=CC1C(OC(C)(C)C)(C(F)(F)F)C(F)(F)F. The third-order valence-corrected chi connectivity index (χ3v) is 5.56. The molecular formula is C24H38F6O. The van der Waals surface area contributed by atoms with E-state index in [2.05, 4.69) is 20.8 Å². The van der Waals surface area contributed by atoms with Gasteiger partial charge in [-0.05, 0) is 55.4 Å². The molecule has 3 unspecified atom stereocenters. The van der Waals surface area contributed by atoms with Crippen molar-refractivity contribution in [2.24, 2.45) is 28.6 Å². The molecule has 1 aliphatic carbocycles. The Morgan fingerprint density at radius 3 is 1.58 bits per heavy atom. The first-order valence-electron chi connectivity index (χ1n) is 10.7. The lowest BCUT2D eigenvalue weighted by Gasteiger charge is -2.48. The van der Waals surface area contributed by atoms with E-state index in [1.165, 1.54) is 33.8 Å². The smallest absolute Gasteiger partial charge is 0.352 e. The number of halogens is 6. The molecule has 1 nitrogen and oxygen atoms in total. The van der Waals surface area contributed by atoms with E-state index in [0.717, 1.165) is 18.1 Å². The highest BCUT2D eigenvalue weighted by atomic mass is 19.4. The summed E-state index contributed by atoms with van der Waals surface area (Å²) in [7, 11) is 0. The van der Waals surface area contributed by atoms with E-state index in [-0.39, 0.29) is 16.7 Å². The van der Waals surface area contributed by atoms with Gasteiger partial charge in [-0.25, -0.2) is 0 Å². The van der Waals surface area contributed by atoms with Crippen molar-refractivity contribution in [3.8, 4) is 0 Å². The first-order valence-corrected chi connectivity index (χ1v) is 10.7. The fourth-order valence-corrected chi connectivity index (χ4v) is 4.33. The van der Waals surface area contributed by atoms with Gasteiger partial charge in [0.2, 0.25) is 0 Å². The normalized spacial score (nSPS) is 23.0. The molecule has 0 heterocycles. The zero-order chi connectivity index (χ0) is 24.8. The summed E-state index contributed by atoms with van der Waals surface area (Å²) in [6.07, 6.45) is -6.43. The summed E-state index contributed by atoms with van der Waals surface area (Å²) in [5.74, 6) is -2.96. The lowest BCUT2D eigenvalue weighted by Crippen LogP contribution is -2.66. The molecule has 31 heavy (non-hydrogen) atoms. The molecular weight excluding hydrogens is 418 g/mol. The van der Waals surface area contributed by atoms with Gasteiger partial charge >= 0.3 is 12.4 Å². The second-order valence-corrected chi connectivity index (χ2v) is 12.0. The molecule has 0 radical (unpaired) electrons. The van der Waals surface area contributed by atoms with Crippen LogP contribution in [0.25, 0.3) is 0 Å². The topological polar surface area (TPSA) is 9.23 Å². The van der Waals surface area contributed by atoms with Gasteiger partial charge in [0.15, 0.2) is 0 Å². The van der Waals surface area contributed by atoms with E-state index in [1.807, 2.05) is 20.8 Å². The third-order valence-electron chi connectivity index (χ3n) is 5.56. The molecule has 3 atom stereocenters. The molecule has 0 aromatic carbocycles. The Bertz CT molecular complexity index is 663. The predicted octanol–water partition coefficient (Wildman–Crippen LogP) is 8.51. The van der Waals surface area contributed by atoms with Crippen LogP contribution in [0, 0.1) is 28.6 Å². The van der Waals surface area contributed by atoms with Crippen molar-refractivity contribution in [3.63, 3.8) is 0 Å². The lowest BCUT2D eigenvalue weighted by molar-refractivity contribution is -0.413. The minimum Gasteiger partial charge on any atom is -0.352 e. The van der Waals surface area contributed by atoms with Crippen LogP contribution in [0.15, 0.2) is 23.8 Å². The van der Waals surface area contributed by atoms with Gasteiger partial charge in [0.05, 0.1) is 5.60 Å². The van der Waals surface area contributed by atoms with Gasteiger partial charge < -0.3 is 4.74 Å². The molecule has 0 saturated heterocycles. The summed E-state index contributed by atoms with van der Waals surface area (Å²) in [5.41, 5.74) is -5.42.